The van der Waals surface area contributed by atoms with Crippen molar-refractivity contribution in [2.24, 2.45) is 0 Å². The molecule has 3 nitrogen and oxygen atoms in total. The summed E-state index contributed by atoms with van der Waals surface area (Å²) in [6, 6.07) is 6.19. The van der Waals surface area contributed by atoms with Gasteiger partial charge in [-0.05, 0) is 31.5 Å². The highest BCUT2D eigenvalue weighted by molar-refractivity contribution is 5.96. The number of ether oxygens (including phenoxy) is 1. The molecule has 1 aromatic carbocycles. The molecule has 0 aliphatic carbocycles. The summed E-state index contributed by atoms with van der Waals surface area (Å²) in [5.74, 6) is -0.0104. The van der Waals surface area contributed by atoms with Crippen LogP contribution in [0.1, 0.15) is 42.5 Å². The molecule has 1 aliphatic heterocycles. The lowest BCUT2D eigenvalue weighted by Crippen LogP contribution is -2.30. The van der Waals surface area contributed by atoms with Crippen molar-refractivity contribution in [3.05, 3.63) is 29.8 Å². The predicted octanol–water partition coefficient (Wildman–Crippen LogP) is 3.39. The van der Waals surface area contributed by atoms with Gasteiger partial charge in [0.05, 0.1) is 0 Å². The lowest BCUT2D eigenvalue weighted by atomic mass is 10.0. The van der Waals surface area contributed by atoms with E-state index >= 15 is 0 Å². The van der Waals surface area contributed by atoms with Gasteiger partial charge in [-0.25, -0.2) is 0 Å². The quantitative estimate of drug-likeness (QED) is 0.842. The van der Waals surface area contributed by atoms with Crippen molar-refractivity contribution in [3.8, 4) is 5.75 Å². The topological polar surface area (TPSA) is 38.3 Å². The van der Waals surface area contributed by atoms with Crippen molar-refractivity contribution in [2.75, 3.05) is 6.54 Å². The Morgan fingerprint density at radius 3 is 3.00 bits per heavy atom. The van der Waals surface area contributed by atoms with Gasteiger partial charge >= 0.3 is 6.61 Å². The average Bonchev–Trinajstić information content (AvgIpc) is 2.67. The number of halogens is 2. The Balaban J connectivity index is 1.97. The standard InChI is InChI=1S/C15H19F2NO2/c16-15(17)20-13-7-4-5-11(9-13)14(19)10-12-6-2-1-3-8-18-12/h4-5,7,9,12,15,18H,1-3,6,8,10H2. The third-order valence-electron chi connectivity index (χ3n) is 3.48. The van der Waals surface area contributed by atoms with Gasteiger partial charge in [-0.2, -0.15) is 8.78 Å². The lowest BCUT2D eigenvalue weighted by molar-refractivity contribution is -0.0498. The molecule has 0 radical (unpaired) electrons. The number of nitrogens with one attached hydrogen (secondary N) is 1. The highest BCUT2D eigenvalue weighted by atomic mass is 19.3. The van der Waals surface area contributed by atoms with Gasteiger partial charge in [0.15, 0.2) is 5.78 Å². The maximum Gasteiger partial charge on any atom is 0.387 e. The summed E-state index contributed by atoms with van der Waals surface area (Å²) in [4.78, 5) is 12.2. The Morgan fingerprint density at radius 2 is 2.20 bits per heavy atom. The smallest absolute Gasteiger partial charge is 0.387 e. The van der Waals surface area contributed by atoms with Crippen molar-refractivity contribution in [1.82, 2.24) is 5.32 Å². The second-order valence-corrected chi connectivity index (χ2v) is 5.03. The normalized spacial score (nSPS) is 19.6. The molecule has 5 heteroatoms. The Hall–Kier alpha value is -1.49. The molecule has 1 unspecified atom stereocenters. The molecule has 0 bridgehead atoms. The molecule has 1 aromatic rings. The van der Waals surface area contributed by atoms with Crippen LogP contribution in [0.3, 0.4) is 0 Å². The van der Waals surface area contributed by atoms with E-state index in [9.17, 15) is 13.6 Å². The number of carbonyl (C=O) groups excluding carboxylic acids is 1. The Kier molecular flexibility index (Phi) is 5.47. The fraction of sp³-hybridized carbons (Fsp3) is 0.533. The van der Waals surface area contributed by atoms with Gasteiger partial charge in [-0.15, -0.1) is 0 Å². The molecular formula is C15H19F2NO2. The van der Waals surface area contributed by atoms with E-state index in [1.807, 2.05) is 0 Å². The van der Waals surface area contributed by atoms with Crippen LogP contribution in [-0.4, -0.2) is 25.0 Å². The Bertz CT molecular complexity index is 443. The number of Topliss-reactive ketones (excluding diaryl/α,β-unsaturated/α-hetero) is 1. The van der Waals surface area contributed by atoms with E-state index in [-0.39, 0.29) is 17.6 Å². The molecule has 0 spiro atoms. The first kappa shape index (κ1) is 14.9. The number of hydrogen-bond acceptors (Lipinski definition) is 3. The summed E-state index contributed by atoms with van der Waals surface area (Å²) in [5, 5.41) is 3.36. The zero-order valence-electron chi connectivity index (χ0n) is 11.3. The predicted molar refractivity (Wildman–Crippen MR) is 72.3 cm³/mol. The van der Waals surface area contributed by atoms with Gasteiger partial charge in [-0.3, -0.25) is 4.79 Å². The second kappa shape index (κ2) is 7.33. The van der Waals surface area contributed by atoms with Crippen molar-refractivity contribution < 1.29 is 18.3 Å². The van der Waals surface area contributed by atoms with Crippen LogP contribution in [0.15, 0.2) is 24.3 Å². The van der Waals surface area contributed by atoms with Crippen LogP contribution in [0.2, 0.25) is 0 Å². The zero-order valence-corrected chi connectivity index (χ0v) is 11.3. The number of rotatable bonds is 5. The number of carbonyl (C=O) groups is 1. The first-order valence-corrected chi connectivity index (χ1v) is 6.96. The number of alkyl halides is 2. The van der Waals surface area contributed by atoms with Gasteiger partial charge in [0.2, 0.25) is 0 Å². The van der Waals surface area contributed by atoms with Crippen LogP contribution < -0.4 is 10.1 Å². The van der Waals surface area contributed by atoms with Crippen LogP contribution in [0, 0.1) is 0 Å². The SMILES string of the molecule is O=C(CC1CCCCCN1)c1cccc(OC(F)F)c1. The summed E-state index contributed by atoms with van der Waals surface area (Å²) in [6.07, 6.45) is 4.84. The molecule has 2 rings (SSSR count). The summed E-state index contributed by atoms with van der Waals surface area (Å²) in [7, 11) is 0. The van der Waals surface area contributed by atoms with Crippen molar-refractivity contribution in [3.63, 3.8) is 0 Å². The molecule has 1 atom stereocenters. The average molecular weight is 283 g/mol. The zero-order chi connectivity index (χ0) is 14.4. The van der Waals surface area contributed by atoms with Crippen LogP contribution in [-0.2, 0) is 0 Å². The van der Waals surface area contributed by atoms with Crippen LogP contribution >= 0.6 is 0 Å². The summed E-state index contributed by atoms with van der Waals surface area (Å²) in [5.41, 5.74) is 0.425. The maximum atomic E-state index is 12.2. The monoisotopic (exact) mass is 283 g/mol. The van der Waals surface area contributed by atoms with Crippen LogP contribution in [0.25, 0.3) is 0 Å². The number of ketones is 1. The molecule has 0 saturated carbocycles. The van der Waals surface area contributed by atoms with E-state index < -0.39 is 6.61 Å². The summed E-state index contributed by atoms with van der Waals surface area (Å²) in [6.45, 7) is -1.93. The minimum absolute atomic E-state index is 0.0275. The molecule has 110 valence electrons. The van der Waals surface area contributed by atoms with E-state index in [0.717, 1.165) is 25.8 Å². The van der Waals surface area contributed by atoms with E-state index in [1.165, 1.54) is 18.6 Å². The van der Waals surface area contributed by atoms with Gasteiger partial charge in [0.25, 0.3) is 0 Å². The van der Waals surface area contributed by atoms with Crippen molar-refractivity contribution >= 4 is 5.78 Å². The minimum atomic E-state index is -2.87. The van der Waals surface area contributed by atoms with Crippen molar-refractivity contribution in [1.29, 1.82) is 0 Å². The molecule has 1 saturated heterocycles. The molecular weight excluding hydrogens is 264 g/mol. The van der Waals surface area contributed by atoms with Gasteiger partial charge in [0.1, 0.15) is 5.75 Å². The Labute approximate surface area is 117 Å². The van der Waals surface area contributed by atoms with Crippen LogP contribution in [0.4, 0.5) is 8.78 Å². The molecule has 1 heterocycles. The third-order valence-corrected chi connectivity index (χ3v) is 3.48. The highest BCUT2D eigenvalue weighted by Gasteiger charge is 2.17. The van der Waals surface area contributed by atoms with Gasteiger partial charge in [-0.1, -0.05) is 25.0 Å². The van der Waals surface area contributed by atoms with E-state index in [2.05, 4.69) is 10.1 Å². The highest BCUT2D eigenvalue weighted by Crippen LogP contribution is 2.19. The molecule has 0 amide bonds. The van der Waals surface area contributed by atoms with Gasteiger partial charge < -0.3 is 10.1 Å². The molecule has 0 aromatic heterocycles. The summed E-state index contributed by atoms with van der Waals surface area (Å²) >= 11 is 0. The largest absolute Gasteiger partial charge is 0.435 e. The van der Waals surface area contributed by atoms with E-state index in [1.54, 1.807) is 12.1 Å². The number of benzene rings is 1. The van der Waals surface area contributed by atoms with E-state index in [0.29, 0.717) is 12.0 Å². The molecule has 1 aliphatic rings. The number of hydrogen-bond donors (Lipinski definition) is 1. The maximum absolute atomic E-state index is 12.2. The van der Waals surface area contributed by atoms with Crippen LogP contribution in [0.5, 0.6) is 5.75 Å². The molecule has 20 heavy (non-hydrogen) atoms. The van der Waals surface area contributed by atoms with Crippen molar-refractivity contribution in [2.45, 2.75) is 44.8 Å². The second-order valence-electron chi connectivity index (χ2n) is 5.03. The van der Waals surface area contributed by atoms with E-state index in [4.69, 9.17) is 0 Å². The fourth-order valence-corrected chi connectivity index (χ4v) is 2.46. The Morgan fingerprint density at radius 1 is 1.35 bits per heavy atom. The summed E-state index contributed by atoms with van der Waals surface area (Å²) < 4.78 is 28.6. The lowest BCUT2D eigenvalue weighted by Gasteiger charge is -2.15. The molecule has 1 N–H and O–H groups in total. The fourth-order valence-electron chi connectivity index (χ4n) is 2.46. The third kappa shape index (κ3) is 4.56. The van der Waals surface area contributed by atoms with Gasteiger partial charge in [0, 0.05) is 18.0 Å². The first-order chi connectivity index (χ1) is 9.65. The minimum Gasteiger partial charge on any atom is -0.435 e. The first-order valence-electron chi connectivity index (χ1n) is 6.96. The molecule has 1 fully saturated rings.